The highest BCUT2D eigenvalue weighted by Gasteiger charge is 2.19. The third-order valence-corrected chi connectivity index (χ3v) is 4.39. The number of hydrogen-bond donors (Lipinski definition) is 1. The average Bonchev–Trinajstić information content (AvgIpc) is 2.72. The summed E-state index contributed by atoms with van der Waals surface area (Å²) in [6.07, 6.45) is 7.50. The van der Waals surface area contributed by atoms with Crippen LogP contribution in [0.2, 0.25) is 0 Å². The van der Waals surface area contributed by atoms with Gasteiger partial charge in [0.1, 0.15) is 5.82 Å². The van der Waals surface area contributed by atoms with Gasteiger partial charge in [0.2, 0.25) is 0 Å². The molecule has 0 aliphatic carbocycles. The van der Waals surface area contributed by atoms with E-state index in [2.05, 4.69) is 43.1 Å². The van der Waals surface area contributed by atoms with Gasteiger partial charge in [0.15, 0.2) is 0 Å². The van der Waals surface area contributed by atoms with Gasteiger partial charge >= 0.3 is 0 Å². The fraction of sp³-hybridized carbons (Fsp3) is 0.722. The summed E-state index contributed by atoms with van der Waals surface area (Å²) in [4.78, 5) is 7.42. The van der Waals surface area contributed by atoms with Crippen molar-refractivity contribution in [3.8, 4) is 0 Å². The normalized spacial score (nSPS) is 19.6. The zero-order chi connectivity index (χ0) is 15.1. The molecule has 1 aromatic rings. The minimum atomic E-state index is 0.614. The molecule has 1 atom stereocenters. The number of anilines is 1. The molecule has 2 heterocycles. The van der Waals surface area contributed by atoms with Gasteiger partial charge in [-0.2, -0.15) is 0 Å². The second-order valence-electron chi connectivity index (χ2n) is 6.25. The molecule has 1 aliphatic rings. The van der Waals surface area contributed by atoms with Gasteiger partial charge in [-0.25, -0.2) is 4.98 Å². The maximum atomic E-state index is 4.89. The Morgan fingerprint density at radius 1 is 1.24 bits per heavy atom. The molecule has 0 saturated carbocycles. The first kappa shape index (κ1) is 16.3. The van der Waals surface area contributed by atoms with Crippen molar-refractivity contribution in [3.63, 3.8) is 0 Å². The van der Waals surface area contributed by atoms with E-state index in [9.17, 15) is 0 Å². The Hall–Kier alpha value is -1.09. The van der Waals surface area contributed by atoms with E-state index in [0.717, 1.165) is 26.1 Å². The molecular weight excluding hydrogens is 258 g/mol. The molecule has 1 fully saturated rings. The van der Waals surface area contributed by atoms with Crippen molar-refractivity contribution < 1.29 is 0 Å². The molecule has 1 aliphatic heterocycles. The molecule has 1 aromatic heterocycles. The molecule has 1 N–H and O–H groups in total. The SMILES string of the molecule is CCCNCc1cc(CC)nc(N2CCCCCC2C)c1. The fourth-order valence-corrected chi connectivity index (χ4v) is 3.09. The van der Waals surface area contributed by atoms with E-state index < -0.39 is 0 Å². The summed E-state index contributed by atoms with van der Waals surface area (Å²) < 4.78 is 0. The van der Waals surface area contributed by atoms with Gasteiger partial charge in [-0.3, -0.25) is 0 Å². The van der Waals surface area contributed by atoms with Crippen molar-refractivity contribution in [2.45, 2.75) is 71.9 Å². The van der Waals surface area contributed by atoms with Gasteiger partial charge < -0.3 is 10.2 Å². The predicted molar refractivity (Wildman–Crippen MR) is 90.9 cm³/mol. The first-order valence-corrected chi connectivity index (χ1v) is 8.71. The van der Waals surface area contributed by atoms with Crippen LogP contribution in [0.1, 0.15) is 64.1 Å². The summed E-state index contributed by atoms with van der Waals surface area (Å²) in [6.45, 7) is 9.95. The van der Waals surface area contributed by atoms with Gasteiger partial charge in [-0.05, 0) is 56.8 Å². The molecule has 0 spiro atoms. The van der Waals surface area contributed by atoms with E-state index in [0.29, 0.717) is 6.04 Å². The Morgan fingerprint density at radius 3 is 2.86 bits per heavy atom. The Kier molecular flexibility index (Phi) is 6.50. The van der Waals surface area contributed by atoms with Crippen LogP contribution in [0.4, 0.5) is 5.82 Å². The number of nitrogens with zero attached hydrogens (tertiary/aromatic N) is 2. The lowest BCUT2D eigenvalue weighted by molar-refractivity contribution is 0.609. The van der Waals surface area contributed by atoms with Crippen molar-refractivity contribution >= 4 is 5.82 Å². The molecule has 0 bridgehead atoms. The number of rotatable bonds is 6. The van der Waals surface area contributed by atoms with Crippen LogP contribution < -0.4 is 10.2 Å². The van der Waals surface area contributed by atoms with E-state index in [-0.39, 0.29) is 0 Å². The summed E-state index contributed by atoms with van der Waals surface area (Å²) >= 11 is 0. The monoisotopic (exact) mass is 289 g/mol. The molecule has 21 heavy (non-hydrogen) atoms. The summed E-state index contributed by atoms with van der Waals surface area (Å²) in [6, 6.07) is 5.17. The van der Waals surface area contributed by atoms with Crippen molar-refractivity contribution in [1.29, 1.82) is 0 Å². The van der Waals surface area contributed by atoms with Crippen molar-refractivity contribution in [3.05, 3.63) is 23.4 Å². The van der Waals surface area contributed by atoms with E-state index >= 15 is 0 Å². The molecule has 1 unspecified atom stereocenters. The fourth-order valence-electron chi connectivity index (χ4n) is 3.09. The van der Waals surface area contributed by atoms with Crippen LogP contribution in [-0.2, 0) is 13.0 Å². The molecular formula is C18H31N3. The zero-order valence-electron chi connectivity index (χ0n) is 14.0. The standard InChI is InChI=1S/C18H31N3/c1-4-10-19-14-16-12-17(5-2)20-18(13-16)21-11-8-6-7-9-15(21)3/h12-13,15,19H,4-11,14H2,1-3H3. The van der Waals surface area contributed by atoms with Crippen LogP contribution in [0.5, 0.6) is 0 Å². The van der Waals surface area contributed by atoms with Gasteiger partial charge in [0.05, 0.1) is 0 Å². The number of aryl methyl sites for hydroxylation is 1. The topological polar surface area (TPSA) is 28.2 Å². The van der Waals surface area contributed by atoms with Gasteiger partial charge in [0.25, 0.3) is 0 Å². The van der Waals surface area contributed by atoms with E-state index in [4.69, 9.17) is 4.98 Å². The minimum Gasteiger partial charge on any atom is -0.354 e. The number of hydrogen-bond acceptors (Lipinski definition) is 3. The summed E-state index contributed by atoms with van der Waals surface area (Å²) in [5.74, 6) is 1.19. The Bertz CT molecular complexity index is 430. The lowest BCUT2D eigenvalue weighted by atomic mass is 10.1. The number of nitrogens with one attached hydrogen (secondary N) is 1. The molecule has 1 saturated heterocycles. The summed E-state index contributed by atoms with van der Waals surface area (Å²) in [7, 11) is 0. The van der Waals surface area contributed by atoms with Gasteiger partial charge in [0, 0.05) is 24.8 Å². The maximum absolute atomic E-state index is 4.89. The molecule has 2 rings (SSSR count). The zero-order valence-corrected chi connectivity index (χ0v) is 14.0. The second-order valence-corrected chi connectivity index (χ2v) is 6.25. The molecule has 0 radical (unpaired) electrons. The molecule has 3 heteroatoms. The Balaban J connectivity index is 2.18. The number of pyridine rings is 1. The van der Waals surface area contributed by atoms with E-state index in [1.807, 2.05) is 0 Å². The first-order valence-electron chi connectivity index (χ1n) is 8.71. The van der Waals surface area contributed by atoms with Gasteiger partial charge in [-0.15, -0.1) is 0 Å². The molecule has 3 nitrogen and oxygen atoms in total. The first-order chi connectivity index (χ1) is 10.2. The lowest BCUT2D eigenvalue weighted by Crippen LogP contribution is -2.33. The van der Waals surface area contributed by atoms with Crippen molar-refractivity contribution in [2.75, 3.05) is 18.0 Å². The Labute approximate surface area is 130 Å². The predicted octanol–water partition coefficient (Wildman–Crippen LogP) is 3.91. The highest BCUT2D eigenvalue weighted by molar-refractivity contribution is 5.44. The quantitative estimate of drug-likeness (QED) is 0.805. The smallest absolute Gasteiger partial charge is 0.129 e. The van der Waals surface area contributed by atoms with Crippen LogP contribution >= 0.6 is 0 Å². The van der Waals surface area contributed by atoms with Crippen molar-refractivity contribution in [1.82, 2.24) is 10.3 Å². The van der Waals surface area contributed by atoms with Crippen LogP contribution in [0.25, 0.3) is 0 Å². The van der Waals surface area contributed by atoms with E-state index in [1.165, 1.54) is 49.2 Å². The third kappa shape index (κ3) is 4.70. The lowest BCUT2D eigenvalue weighted by Gasteiger charge is -2.29. The highest BCUT2D eigenvalue weighted by Crippen LogP contribution is 2.24. The minimum absolute atomic E-state index is 0.614. The molecule has 118 valence electrons. The highest BCUT2D eigenvalue weighted by atomic mass is 15.2. The molecule has 0 amide bonds. The van der Waals surface area contributed by atoms with Crippen LogP contribution in [0.15, 0.2) is 12.1 Å². The third-order valence-electron chi connectivity index (χ3n) is 4.39. The molecule has 0 aromatic carbocycles. The van der Waals surface area contributed by atoms with Crippen LogP contribution in [0.3, 0.4) is 0 Å². The summed E-state index contributed by atoms with van der Waals surface area (Å²) in [5.41, 5.74) is 2.60. The largest absolute Gasteiger partial charge is 0.354 e. The van der Waals surface area contributed by atoms with E-state index in [1.54, 1.807) is 0 Å². The Morgan fingerprint density at radius 2 is 2.10 bits per heavy atom. The van der Waals surface area contributed by atoms with Gasteiger partial charge in [-0.1, -0.05) is 26.7 Å². The summed E-state index contributed by atoms with van der Waals surface area (Å²) in [5, 5.41) is 3.51. The average molecular weight is 289 g/mol. The van der Waals surface area contributed by atoms with Crippen molar-refractivity contribution in [2.24, 2.45) is 0 Å². The number of aromatic nitrogens is 1. The maximum Gasteiger partial charge on any atom is 0.129 e. The second kappa shape index (κ2) is 8.38. The van der Waals surface area contributed by atoms with Crippen LogP contribution in [0, 0.1) is 0 Å². The van der Waals surface area contributed by atoms with Crippen LogP contribution in [-0.4, -0.2) is 24.1 Å².